The van der Waals surface area contributed by atoms with Crippen LogP contribution in [0.25, 0.3) is 17.1 Å². The van der Waals surface area contributed by atoms with Crippen molar-refractivity contribution in [1.82, 2.24) is 24.7 Å². The second-order valence-corrected chi connectivity index (χ2v) is 9.13. The maximum atomic E-state index is 4.75. The molecule has 0 saturated carbocycles. The predicted octanol–water partition coefficient (Wildman–Crippen LogP) is 5.82. The molecule has 4 aromatic rings. The van der Waals surface area contributed by atoms with Crippen LogP contribution in [-0.4, -0.2) is 24.7 Å². The van der Waals surface area contributed by atoms with Crippen LogP contribution in [0.5, 0.6) is 0 Å². The molecular formula is C22H23N5S2. The molecule has 0 aliphatic heterocycles. The molecule has 0 aliphatic rings. The Morgan fingerprint density at radius 1 is 1.14 bits per heavy atom. The molecule has 7 heteroatoms. The number of benzene rings is 1. The first-order valence-electron chi connectivity index (χ1n) is 9.53. The van der Waals surface area contributed by atoms with E-state index in [2.05, 4.69) is 71.0 Å². The Balaban J connectivity index is 1.72. The smallest absolute Gasteiger partial charge is 0.196 e. The van der Waals surface area contributed by atoms with Crippen molar-refractivity contribution in [3.05, 3.63) is 69.9 Å². The number of rotatable bonds is 6. The number of aryl methyl sites for hydroxylation is 2. The third-order valence-corrected chi connectivity index (χ3v) is 6.72. The second-order valence-electron chi connectivity index (χ2n) is 7.29. The molecular weight excluding hydrogens is 398 g/mol. The van der Waals surface area contributed by atoms with Crippen molar-refractivity contribution in [2.45, 2.75) is 44.5 Å². The molecule has 0 bridgehead atoms. The van der Waals surface area contributed by atoms with Gasteiger partial charge in [0, 0.05) is 35.0 Å². The van der Waals surface area contributed by atoms with E-state index in [-0.39, 0.29) is 0 Å². The van der Waals surface area contributed by atoms with Gasteiger partial charge in [-0.1, -0.05) is 43.3 Å². The van der Waals surface area contributed by atoms with E-state index in [0.29, 0.717) is 5.92 Å². The number of thiazole rings is 1. The summed E-state index contributed by atoms with van der Waals surface area (Å²) < 4.78 is 2.13. The largest absolute Gasteiger partial charge is 0.270 e. The normalized spacial score (nSPS) is 11.3. The summed E-state index contributed by atoms with van der Waals surface area (Å²) in [5.41, 5.74) is 5.54. The highest BCUT2D eigenvalue weighted by Gasteiger charge is 2.18. The SMILES string of the molecule is Cc1ccc(-n2c(SCc3csc(C(C)C)n3)nnc2-c2cccnc2)c(C)c1. The number of pyridine rings is 1. The minimum atomic E-state index is 0.454. The van der Waals surface area contributed by atoms with Crippen molar-refractivity contribution in [1.29, 1.82) is 0 Å². The number of hydrogen-bond acceptors (Lipinski definition) is 6. The average Bonchev–Trinajstić information content (AvgIpc) is 3.34. The van der Waals surface area contributed by atoms with E-state index in [0.717, 1.165) is 33.7 Å². The van der Waals surface area contributed by atoms with E-state index in [9.17, 15) is 0 Å². The van der Waals surface area contributed by atoms with E-state index >= 15 is 0 Å². The lowest BCUT2D eigenvalue weighted by molar-refractivity contribution is 0.845. The van der Waals surface area contributed by atoms with Crippen molar-refractivity contribution in [2.24, 2.45) is 0 Å². The molecule has 29 heavy (non-hydrogen) atoms. The van der Waals surface area contributed by atoms with Crippen LogP contribution in [0.2, 0.25) is 0 Å². The van der Waals surface area contributed by atoms with Crippen LogP contribution in [0.1, 0.15) is 41.6 Å². The molecule has 0 atom stereocenters. The van der Waals surface area contributed by atoms with Crippen molar-refractivity contribution >= 4 is 23.1 Å². The molecule has 0 amide bonds. The maximum Gasteiger partial charge on any atom is 0.196 e. The van der Waals surface area contributed by atoms with Gasteiger partial charge in [-0.15, -0.1) is 21.5 Å². The molecule has 0 fully saturated rings. The molecule has 1 aromatic carbocycles. The Hall–Kier alpha value is -2.51. The zero-order chi connectivity index (χ0) is 20.4. The van der Waals surface area contributed by atoms with E-state index < -0.39 is 0 Å². The first kappa shape index (κ1) is 19.8. The highest BCUT2D eigenvalue weighted by Crippen LogP contribution is 2.31. The Bertz CT molecular complexity index is 1120. The maximum absolute atomic E-state index is 4.75. The summed E-state index contributed by atoms with van der Waals surface area (Å²) in [6.45, 7) is 8.58. The lowest BCUT2D eigenvalue weighted by Gasteiger charge is -2.13. The Kier molecular flexibility index (Phi) is 5.78. The topological polar surface area (TPSA) is 56.5 Å². The van der Waals surface area contributed by atoms with Crippen LogP contribution >= 0.6 is 23.1 Å². The van der Waals surface area contributed by atoms with Crippen molar-refractivity contribution in [2.75, 3.05) is 0 Å². The minimum Gasteiger partial charge on any atom is -0.270 e. The van der Waals surface area contributed by atoms with Gasteiger partial charge in [-0.2, -0.15) is 0 Å². The van der Waals surface area contributed by atoms with Gasteiger partial charge in [-0.25, -0.2) is 4.98 Å². The van der Waals surface area contributed by atoms with Crippen molar-refractivity contribution < 1.29 is 0 Å². The van der Waals surface area contributed by atoms with E-state index in [1.807, 2.05) is 18.3 Å². The molecule has 5 nitrogen and oxygen atoms in total. The fraction of sp³-hybridized carbons (Fsp3) is 0.273. The molecule has 3 heterocycles. The number of nitrogens with zero attached hydrogens (tertiary/aromatic N) is 5. The first-order valence-corrected chi connectivity index (χ1v) is 11.4. The summed E-state index contributed by atoms with van der Waals surface area (Å²) in [5.74, 6) is 2.02. The molecule has 0 unspecified atom stereocenters. The molecule has 0 radical (unpaired) electrons. The second kappa shape index (κ2) is 8.47. The number of aromatic nitrogens is 5. The third-order valence-electron chi connectivity index (χ3n) is 4.56. The van der Waals surface area contributed by atoms with Gasteiger partial charge in [0.2, 0.25) is 0 Å². The zero-order valence-electron chi connectivity index (χ0n) is 17.0. The van der Waals surface area contributed by atoms with E-state index in [1.165, 1.54) is 16.1 Å². The molecule has 148 valence electrons. The standard InChI is InChI=1S/C22H23N5S2/c1-14(2)21-24-18(12-28-21)13-29-22-26-25-20(17-6-5-9-23-11-17)27(22)19-8-7-15(3)10-16(19)4/h5-12,14H,13H2,1-4H3. The van der Waals surface area contributed by atoms with Gasteiger partial charge in [0.15, 0.2) is 11.0 Å². The molecule has 0 N–H and O–H groups in total. The third kappa shape index (κ3) is 4.26. The average molecular weight is 422 g/mol. The summed E-state index contributed by atoms with van der Waals surface area (Å²) in [5, 5.41) is 13.2. The number of thioether (sulfide) groups is 1. The molecule has 0 spiro atoms. The Labute approximate surface area is 179 Å². The predicted molar refractivity (Wildman–Crippen MR) is 120 cm³/mol. The quantitative estimate of drug-likeness (QED) is 0.367. The van der Waals surface area contributed by atoms with Crippen LogP contribution in [0.3, 0.4) is 0 Å². The van der Waals surface area contributed by atoms with Crippen LogP contribution in [0.15, 0.2) is 53.3 Å². The summed E-state index contributed by atoms with van der Waals surface area (Å²) >= 11 is 3.39. The van der Waals surface area contributed by atoms with Crippen LogP contribution < -0.4 is 0 Å². The van der Waals surface area contributed by atoms with Gasteiger partial charge in [0.25, 0.3) is 0 Å². The Morgan fingerprint density at radius 2 is 2.00 bits per heavy atom. The van der Waals surface area contributed by atoms with E-state index in [1.54, 1.807) is 29.3 Å². The molecule has 0 aliphatic carbocycles. The fourth-order valence-corrected chi connectivity index (χ4v) is 4.89. The van der Waals surface area contributed by atoms with Gasteiger partial charge in [-0.05, 0) is 37.6 Å². The highest BCUT2D eigenvalue weighted by molar-refractivity contribution is 7.98. The number of hydrogen-bond donors (Lipinski definition) is 0. The summed E-state index contributed by atoms with van der Waals surface area (Å²) in [6.07, 6.45) is 3.60. The minimum absolute atomic E-state index is 0.454. The lowest BCUT2D eigenvalue weighted by Crippen LogP contribution is -2.02. The summed E-state index contributed by atoms with van der Waals surface area (Å²) in [4.78, 5) is 9.01. The van der Waals surface area contributed by atoms with Gasteiger partial charge in [0.1, 0.15) is 0 Å². The van der Waals surface area contributed by atoms with Crippen LogP contribution in [-0.2, 0) is 5.75 Å². The summed E-state index contributed by atoms with van der Waals surface area (Å²) in [7, 11) is 0. The van der Waals surface area contributed by atoms with Crippen molar-refractivity contribution in [3.63, 3.8) is 0 Å². The molecule has 3 aromatic heterocycles. The molecule has 0 saturated heterocycles. The zero-order valence-corrected chi connectivity index (χ0v) is 18.6. The van der Waals surface area contributed by atoms with Gasteiger partial charge in [-0.3, -0.25) is 9.55 Å². The highest BCUT2D eigenvalue weighted by atomic mass is 32.2. The Morgan fingerprint density at radius 3 is 2.69 bits per heavy atom. The lowest BCUT2D eigenvalue weighted by atomic mass is 10.1. The van der Waals surface area contributed by atoms with Crippen molar-refractivity contribution in [3.8, 4) is 17.1 Å². The van der Waals surface area contributed by atoms with Crippen LogP contribution in [0, 0.1) is 13.8 Å². The van der Waals surface area contributed by atoms with Gasteiger partial charge < -0.3 is 0 Å². The summed E-state index contributed by atoms with van der Waals surface area (Å²) in [6, 6.07) is 10.4. The van der Waals surface area contributed by atoms with Crippen LogP contribution in [0.4, 0.5) is 0 Å². The monoisotopic (exact) mass is 421 g/mol. The van der Waals surface area contributed by atoms with E-state index in [4.69, 9.17) is 4.98 Å². The van der Waals surface area contributed by atoms with Gasteiger partial charge >= 0.3 is 0 Å². The molecule has 4 rings (SSSR count). The fourth-order valence-electron chi connectivity index (χ4n) is 3.11. The van der Waals surface area contributed by atoms with Gasteiger partial charge in [0.05, 0.1) is 16.4 Å². The first-order chi connectivity index (χ1) is 14.0.